The maximum absolute atomic E-state index is 10.4. The molecule has 1 aromatic heterocycles. The first-order valence-electron chi connectivity index (χ1n) is 7.97. The third kappa shape index (κ3) is 3.21. The van der Waals surface area contributed by atoms with Crippen molar-refractivity contribution in [3.05, 3.63) is 52.9 Å². The molecule has 1 atom stereocenters. The molecule has 0 amide bonds. The van der Waals surface area contributed by atoms with Gasteiger partial charge in [0.1, 0.15) is 37.4 Å². The largest absolute Gasteiger partial charge is 0.474 e. The van der Waals surface area contributed by atoms with Crippen molar-refractivity contribution in [2.24, 2.45) is 0 Å². The molecule has 1 unspecified atom stereocenters. The summed E-state index contributed by atoms with van der Waals surface area (Å²) in [5.74, 6) is 0.308. The molecule has 25 heavy (non-hydrogen) atoms. The fourth-order valence-corrected chi connectivity index (χ4v) is 3.25. The van der Waals surface area contributed by atoms with Gasteiger partial charge < -0.3 is 19.3 Å². The van der Waals surface area contributed by atoms with E-state index in [2.05, 4.69) is 14.9 Å². The van der Waals surface area contributed by atoms with E-state index in [0.717, 1.165) is 0 Å². The van der Waals surface area contributed by atoms with Crippen LogP contribution in [0.1, 0.15) is 17.4 Å². The van der Waals surface area contributed by atoms with E-state index in [1.54, 1.807) is 12.1 Å². The Kier molecular flexibility index (Phi) is 4.58. The molecule has 7 nitrogen and oxygen atoms in total. The standard InChI is InChI=1S/C17H18ClN3O4/c18-16-14(15(22)12-4-2-1-3-5-12)19-6-13(20-16)25-9-17-7-23-10-21(17)11-24-8-17/h1-6,15,22H,7-11H2. The zero-order valence-corrected chi connectivity index (χ0v) is 14.2. The SMILES string of the molecule is OC(c1ccccc1)c1ncc(OCC23COCN2COC3)nc1Cl. The summed E-state index contributed by atoms with van der Waals surface area (Å²) in [6.07, 6.45) is 0.538. The smallest absolute Gasteiger partial charge is 0.233 e. The molecule has 2 fully saturated rings. The number of aliphatic hydroxyl groups excluding tert-OH is 1. The maximum atomic E-state index is 10.4. The number of rotatable bonds is 5. The van der Waals surface area contributed by atoms with Gasteiger partial charge in [-0.2, -0.15) is 4.98 Å². The van der Waals surface area contributed by atoms with Gasteiger partial charge in [-0.15, -0.1) is 0 Å². The predicted octanol–water partition coefficient (Wildman–Crippen LogP) is 1.61. The first kappa shape index (κ1) is 16.7. The molecular formula is C17H18ClN3O4. The van der Waals surface area contributed by atoms with Gasteiger partial charge in [-0.1, -0.05) is 41.9 Å². The minimum atomic E-state index is -0.934. The fourth-order valence-electron chi connectivity index (χ4n) is 3.02. The van der Waals surface area contributed by atoms with Gasteiger partial charge in [-0.3, -0.25) is 0 Å². The summed E-state index contributed by atoms with van der Waals surface area (Å²) in [5, 5.41) is 10.5. The van der Waals surface area contributed by atoms with Gasteiger partial charge in [0.15, 0.2) is 5.15 Å². The van der Waals surface area contributed by atoms with Crippen LogP contribution < -0.4 is 4.74 Å². The van der Waals surface area contributed by atoms with Crippen LogP contribution in [-0.4, -0.2) is 58.8 Å². The van der Waals surface area contributed by atoms with Crippen molar-refractivity contribution in [3.63, 3.8) is 0 Å². The molecule has 0 spiro atoms. The van der Waals surface area contributed by atoms with Crippen LogP contribution in [0.4, 0.5) is 0 Å². The van der Waals surface area contributed by atoms with Crippen LogP contribution in [0.15, 0.2) is 36.5 Å². The van der Waals surface area contributed by atoms with Gasteiger partial charge in [0.05, 0.1) is 19.4 Å². The number of benzene rings is 1. The van der Waals surface area contributed by atoms with E-state index in [0.29, 0.717) is 50.4 Å². The molecule has 0 bridgehead atoms. The third-order valence-corrected chi connectivity index (χ3v) is 4.78. The normalized spacial score (nSPS) is 20.4. The Morgan fingerprint density at radius 1 is 1.24 bits per heavy atom. The van der Waals surface area contributed by atoms with Crippen molar-refractivity contribution < 1.29 is 19.3 Å². The molecule has 0 aliphatic carbocycles. The second-order valence-corrected chi connectivity index (χ2v) is 6.56. The summed E-state index contributed by atoms with van der Waals surface area (Å²) in [5.41, 5.74) is 0.720. The van der Waals surface area contributed by atoms with E-state index in [4.69, 9.17) is 25.8 Å². The van der Waals surface area contributed by atoms with Crippen LogP contribution in [0.5, 0.6) is 5.88 Å². The van der Waals surface area contributed by atoms with Crippen molar-refractivity contribution in [2.75, 3.05) is 33.3 Å². The zero-order chi connectivity index (χ0) is 17.3. The van der Waals surface area contributed by atoms with Crippen molar-refractivity contribution in [1.82, 2.24) is 14.9 Å². The van der Waals surface area contributed by atoms with Gasteiger partial charge in [-0.25, -0.2) is 9.88 Å². The lowest BCUT2D eigenvalue weighted by Crippen LogP contribution is -2.48. The Hall–Kier alpha value is -1.77. The zero-order valence-electron chi connectivity index (χ0n) is 13.5. The number of fused-ring (bicyclic) bond motifs is 1. The van der Waals surface area contributed by atoms with E-state index in [-0.39, 0.29) is 10.7 Å². The van der Waals surface area contributed by atoms with E-state index < -0.39 is 6.10 Å². The van der Waals surface area contributed by atoms with Crippen molar-refractivity contribution in [1.29, 1.82) is 0 Å². The summed E-state index contributed by atoms with van der Waals surface area (Å²) >= 11 is 6.21. The maximum Gasteiger partial charge on any atom is 0.233 e. The summed E-state index contributed by atoms with van der Waals surface area (Å²) in [4.78, 5) is 10.5. The summed E-state index contributed by atoms with van der Waals surface area (Å²) in [6, 6.07) is 9.18. The molecule has 4 rings (SSSR count). The number of halogens is 1. The minimum Gasteiger partial charge on any atom is -0.474 e. The number of aromatic nitrogens is 2. The fraction of sp³-hybridized carbons (Fsp3) is 0.412. The lowest BCUT2D eigenvalue weighted by Gasteiger charge is -2.26. The molecule has 2 aromatic rings. The second-order valence-electron chi connectivity index (χ2n) is 6.21. The molecule has 2 saturated heterocycles. The summed E-state index contributed by atoms with van der Waals surface area (Å²) < 4.78 is 16.8. The molecule has 2 aliphatic rings. The second kappa shape index (κ2) is 6.86. The Labute approximate surface area is 150 Å². The topological polar surface area (TPSA) is 76.9 Å². The van der Waals surface area contributed by atoms with Crippen LogP contribution in [0.3, 0.4) is 0 Å². The van der Waals surface area contributed by atoms with Crippen molar-refractivity contribution >= 4 is 11.6 Å². The molecule has 1 N–H and O–H groups in total. The Bertz CT molecular complexity index is 736. The van der Waals surface area contributed by atoms with Crippen molar-refractivity contribution in [2.45, 2.75) is 11.6 Å². The van der Waals surface area contributed by atoms with Crippen LogP contribution in [0.25, 0.3) is 0 Å². The molecular weight excluding hydrogens is 346 g/mol. The van der Waals surface area contributed by atoms with E-state index in [9.17, 15) is 5.11 Å². The van der Waals surface area contributed by atoms with Gasteiger partial charge in [0.2, 0.25) is 5.88 Å². The molecule has 3 heterocycles. The predicted molar refractivity (Wildman–Crippen MR) is 89.2 cm³/mol. The lowest BCUT2D eigenvalue weighted by atomic mass is 10.0. The van der Waals surface area contributed by atoms with Crippen LogP contribution >= 0.6 is 11.6 Å². The van der Waals surface area contributed by atoms with Gasteiger partial charge in [0, 0.05) is 0 Å². The van der Waals surface area contributed by atoms with Gasteiger partial charge in [-0.05, 0) is 5.56 Å². The van der Waals surface area contributed by atoms with Gasteiger partial charge in [0.25, 0.3) is 0 Å². The highest BCUT2D eigenvalue weighted by Gasteiger charge is 2.47. The molecule has 132 valence electrons. The Morgan fingerprint density at radius 3 is 2.64 bits per heavy atom. The van der Waals surface area contributed by atoms with Crippen LogP contribution in [0, 0.1) is 0 Å². The van der Waals surface area contributed by atoms with Gasteiger partial charge >= 0.3 is 0 Å². The van der Waals surface area contributed by atoms with Crippen molar-refractivity contribution in [3.8, 4) is 5.88 Å². The van der Waals surface area contributed by atoms with Crippen LogP contribution in [-0.2, 0) is 9.47 Å². The summed E-state index contributed by atoms with van der Waals surface area (Å²) in [6.45, 7) is 2.56. The highest BCUT2D eigenvalue weighted by molar-refractivity contribution is 6.30. The Balaban J connectivity index is 1.47. The van der Waals surface area contributed by atoms with Crippen LogP contribution in [0.2, 0.25) is 5.15 Å². The number of nitrogens with zero attached hydrogens (tertiary/aromatic N) is 3. The highest BCUT2D eigenvalue weighted by Crippen LogP contribution is 2.30. The highest BCUT2D eigenvalue weighted by atomic mass is 35.5. The Morgan fingerprint density at radius 2 is 1.96 bits per heavy atom. The average Bonchev–Trinajstić information content (AvgIpc) is 3.20. The lowest BCUT2D eigenvalue weighted by molar-refractivity contribution is 0.0694. The first-order chi connectivity index (χ1) is 12.2. The first-order valence-corrected chi connectivity index (χ1v) is 8.35. The van der Waals surface area contributed by atoms with E-state index in [1.165, 1.54) is 6.20 Å². The van der Waals surface area contributed by atoms with E-state index in [1.807, 2.05) is 18.2 Å². The molecule has 2 aliphatic heterocycles. The summed E-state index contributed by atoms with van der Waals surface area (Å²) in [7, 11) is 0. The molecule has 1 aromatic carbocycles. The number of hydrogen-bond donors (Lipinski definition) is 1. The molecule has 8 heteroatoms. The monoisotopic (exact) mass is 363 g/mol. The minimum absolute atomic E-state index is 0.119. The quantitative estimate of drug-likeness (QED) is 0.864. The molecule has 0 saturated carbocycles. The van der Waals surface area contributed by atoms with E-state index >= 15 is 0 Å². The number of hydrogen-bond acceptors (Lipinski definition) is 7. The third-order valence-electron chi connectivity index (χ3n) is 4.50. The average molecular weight is 364 g/mol. The number of ether oxygens (including phenoxy) is 3. The number of aliphatic hydroxyl groups is 1. The molecule has 0 radical (unpaired) electrons.